The third-order valence-corrected chi connectivity index (χ3v) is 6.15. The Bertz CT molecular complexity index is 958. The number of aryl methyl sites for hydroxylation is 1. The highest BCUT2D eigenvalue weighted by Crippen LogP contribution is 2.42. The smallest absolute Gasteiger partial charge is 0.137 e. The van der Waals surface area contributed by atoms with E-state index in [2.05, 4.69) is 4.98 Å². The summed E-state index contributed by atoms with van der Waals surface area (Å²) < 4.78 is 21.2. The van der Waals surface area contributed by atoms with E-state index in [1.807, 2.05) is 31.2 Å². The van der Waals surface area contributed by atoms with Gasteiger partial charge in [-0.25, -0.2) is 4.39 Å². The number of hydrogen-bond acceptors (Lipinski definition) is 4. The Kier molecular flexibility index (Phi) is 4.86. The Balaban J connectivity index is 1.87. The lowest BCUT2D eigenvalue weighted by Gasteiger charge is -2.21. The number of rotatable bonds is 4. The monoisotopic (exact) mass is 391 g/mol. The van der Waals surface area contributed by atoms with Crippen molar-refractivity contribution in [3.05, 3.63) is 45.9 Å². The first-order valence-electron chi connectivity index (χ1n) is 8.66. The van der Waals surface area contributed by atoms with Crippen molar-refractivity contribution < 1.29 is 14.2 Å². The molecular weight excluding hydrogens is 373 g/mol. The Hall–Kier alpha value is -1.69. The molecule has 0 radical (unpaired) electrons. The van der Waals surface area contributed by atoms with Crippen molar-refractivity contribution in [1.82, 2.24) is 4.98 Å². The van der Waals surface area contributed by atoms with Gasteiger partial charge < -0.3 is 9.84 Å². The van der Waals surface area contributed by atoms with Gasteiger partial charge in [-0.05, 0) is 56.0 Å². The summed E-state index contributed by atoms with van der Waals surface area (Å²) in [6.45, 7) is 1.91. The largest absolute Gasteiger partial charge is 0.486 e. The fourth-order valence-corrected chi connectivity index (χ4v) is 4.80. The van der Waals surface area contributed by atoms with E-state index in [9.17, 15) is 9.50 Å². The number of aliphatic hydroxyl groups excluding tert-OH is 1. The lowest BCUT2D eigenvalue weighted by molar-refractivity contribution is 0.125. The summed E-state index contributed by atoms with van der Waals surface area (Å²) in [7, 11) is 0. The average molecular weight is 392 g/mol. The molecule has 1 N–H and O–H groups in total. The summed E-state index contributed by atoms with van der Waals surface area (Å²) >= 11 is 7.82. The summed E-state index contributed by atoms with van der Waals surface area (Å²) in [6, 6.07) is 7.50. The van der Waals surface area contributed by atoms with Crippen molar-refractivity contribution in [3.8, 4) is 16.9 Å². The first-order chi connectivity index (χ1) is 12.6. The number of halogens is 2. The van der Waals surface area contributed by atoms with Gasteiger partial charge in [0.05, 0.1) is 16.8 Å². The average Bonchev–Trinajstić information content (AvgIpc) is 3.22. The molecule has 6 heteroatoms. The standard InChI is InChI=1S/C20H19ClFNO2S/c1-11-7-12(21)8-15(19(11)25-18-4-2-3-16(18)22)14-5-6-23-17-9-13(10-24)26-20(14)17/h5-9,16,18,24H,2-4,10H2,1H3/t16-,18+/m0/s1. The third-order valence-electron chi connectivity index (χ3n) is 4.79. The second-order valence-corrected chi connectivity index (χ2v) is 8.22. The van der Waals surface area contributed by atoms with E-state index in [-0.39, 0.29) is 6.61 Å². The van der Waals surface area contributed by atoms with Gasteiger partial charge >= 0.3 is 0 Å². The topological polar surface area (TPSA) is 42.4 Å². The number of ether oxygens (including phenoxy) is 1. The van der Waals surface area contributed by atoms with Crippen LogP contribution in [0.1, 0.15) is 29.7 Å². The molecule has 0 bridgehead atoms. The van der Waals surface area contributed by atoms with Gasteiger partial charge in [0.25, 0.3) is 0 Å². The molecule has 26 heavy (non-hydrogen) atoms. The summed E-state index contributed by atoms with van der Waals surface area (Å²) in [6.07, 6.45) is 2.51. The van der Waals surface area contributed by atoms with Gasteiger partial charge in [0.1, 0.15) is 18.0 Å². The van der Waals surface area contributed by atoms with Crippen LogP contribution in [0.3, 0.4) is 0 Å². The van der Waals surface area contributed by atoms with Crippen LogP contribution in [0.5, 0.6) is 5.75 Å². The molecule has 136 valence electrons. The van der Waals surface area contributed by atoms with Crippen molar-refractivity contribution in [2.45, 2.75) is 45.1 Å². The number of alkyl halides is 1. The summed E-state index contributed by atoms with van der Waals surface area (Å²) in [4.78, 5) is 5.24. The molecule has 1 aromatic carbocycles. The zero-order chi connectivity index (χ0) is 18.3. The molecule has 2 atom stereocenters. The van der Waals surface area contributed by atoms with Gasteiger partial charge in [-0.15, -0.1) is 11.3 Å². The molecule has 1 aliphatic carbocycles. The maximum Gasteiger partial charge on any atom is 0.137 e. The Morgan fingerprint density at radius 2 is 2.15 bits per heavy atom. The first kappa shape index (κ1) is 17.7. The van der Waals surface area contributed by atoms with Crippen LogP contribution < -0.4 is 4.74 Å². The number of thiophene rings is 1. The van der Waals surface area contributed by atoms with Crippen LogP contribution in [0, 0.1) is 6.92 Å². The Morgan fingerprint density at radius 1 is 1.31 bits per heavy atom. The zero-order valence-corrected chi connectivity index (χ0v) is 15.9. The van der Waals surface area contributed by atoms with Crippen molar-refractivity contribution in [2.75, 3.05) is 0 Å². The molecule has 3 nitrogen and oxygen atoms in total. The van der Waals surface area contributed by atoms with Gasteiger partial charge in [0, 0.05) is 27.2 Å². The number of aliphatic hydroxyl groups is 1. The number of pyridine rings is 1. The molecule has 0 amide bonds. The van der Waals surface area contributed by atoms with Crippen molar-refractivity contribution in [1.29, 1.82) is 0 Å². The maximum absolute atomic E-state index is 14.1. The van der Waals surface area contributed by atoms with E-state index < -0.39 is 12.3 Å². The molecule has 1 fully saturated rings. The summed E-state index contributed by atoms with van der Waals surface area (Å²) in [5.74, 6) is 0.676. The molecule has 1 saturated carbocycles. The lowest BCUT2D eigenvalue weighted by Crippen LogP contribution is -2.23. The molecule has 0 spiro atoms. The molecule has 0 saturated heterocycles. The molecule has 2 heterocycles. The SMILES string of the molecule is Cc1cc(Cl)cc(-c2ccnc3cc(CO)sc23)c1O[C@@H]1CCC[C@@H]1F. The van der Waals surface area contributed by atoms with Gasteiger partial charge in [0.2, 0.25) is 0 Å². The van der Waals surface area contributed by atoms with Crippen molar-refractivity contribution in [3.63, 3.8) is 0 Å². The van der Waals surface area contributed by atoms with Crippen molar-refractivity contribution >= 4 is 33.2 Å². The summed E-state index contributed by atoms with van der Waals surface area (Å²) in [5.41, 5.74) is 3.49. The molecular formula is C20H19ClFNO2S. The number of benzene rings is 1. The maximum atomic E-state index is 14.1. The molecule has 4 rings (SSSR count). The minimum absolute atomic E-state index is 0.0238. The predicted octanol–water partition coefficient (Wildman–Crippen LogP) is 5.69. The van der Waals surface area contributed by atoms with Gasteiger partial charge in [0.15, 0.2) is 0 Å². The van der Waals surface area contributed by atoms with Crippen LogP contribution in [0.2, 0.25) is 5.02 Å². The number of hydrogen-bond donors (Lipinski definition) is 1. The van der Waals surface area contributed by atoms with E-state index in [0.29, 0.717) is 17.2 Å². The highest BCUT2D eigenvalue weighted by molar-refractivity contribution is 7.19. The lowest BCUT2D eigenvalue weighted by atomic mass is 10.0. The second-order valence-electron chi connectivity index (χ2n) is 6.65. The van der Waals surface area contributed by atoms with Crippen LogP contribution in [-0.2, 0) is 6.61 Å². The fourth-order valence-electron chi connectivity index (χ4n) is 3.53. The molecule has 3 aromatic rings. The van der Waals surface area contributed by atoms with Gasteiger partial charge in [-0.3, -0.25) is 4.98 Å². The van der Waals surface area contributed by atoms with Crippen molar-refractivity contribution in [2.24, 2.45) is 0 Å². The van der Waals surface area contributed by atoms with Crippen LogP contribution in [0.25, 0.3) is 21.3 Å². The number of fused-ring (bicyclic) bond motifs is 1. The molecule has 0 aliphatic heterocycles. The minimum Gasteiger partial charge on any atom is -0.486 e. The second kappa shape index (κ2) is 7.14. The van der Waals surface area contributed by atoms with E-state index in [1.165, 1.54) is 11.3 Å². The Labute approximate surface area is 160 Å². The van der Waals surface area contributed by atoms with Crippen LogP contribution in [0.4, 0.5) is 4.39 Å². The van der Waals surface area contributed by atoms with Gasteiger partial charge in [-0.1, -0.05) is 11.6 Å². The highest BCUT2D eigenvalue weighted by atomic mass is 35.5. The van der Waals surface area contributed by atoms with E-state index in [0.717, 1.165) is 44.6 Å². The van der Waals surface area contributed by atoms with Crippen LogP contribution in [-0.4, -0.2) is 22.4 Å². The molecule has 1 aliphatic rings. The fraction of sp³-hybridized carbons (Fsp3) is 0.350. The predicted molar refractivity (Wildman–Crippen MR) is 104 cm³/mol. The minimum atomic E-state index is -0.932. The van der Waals surface area contributed by atoms with E-state index in [1.54, 1.807) is 6.20 Å². The normalized spacial score (nSPS) is 20.0. The molecule has 0 unspecified atom stereocenters. The van der Waals surface area contributed by atoms with E-state index >= 15 is 0 Å². The third kappa shape index (κ3) is 3.20. The van der Waals surface area contributed by atoms with Crippen LogP contribution in [0.15, 0.2) is 30.5 Å². The van der Waals surface area contributed by atoms with E-state index in [4.69, 9.17) is 16.3 Å². The highest BCUT2D eigenvalue weighted by Gasteiger charge is 2.30. The number of nitrogens with zero attached hydrogens (tertiary/aromatic N) is 1. The first-order valence-corrected chi connectivity index (χ1v) is 9.86. The quantitative estimate of drug-likeness (QED) is 0.621. The zero-order valence-electron chi connectivity index (χ0n) is 14.3. The van der Waals surface area contributed by atoms with Crippen LogP contribution >= 0.6 is 22.9 Å². The molecule has 2 aromatic heterocycles. The summed E-state index contributed by atoms with van der Waals surface area (Å²) in [5, 5.41) is 10.1. The number of aromatic nitrogens is 1. The van der Waals surface area contributed by atoms with Gasteiger partial charge in [-0.2, -0.15) is 0 Å². The Morgan fingerprint density at radius 3 is 2.88 bits per heavy atom.